The number of hydrogen-bond acceptors (Lipinski definition) is 5. The fraction of sp³-hybridized carbons (Fsp3) is 0.125. The van der Waals surface area contributed by atoms with Gasteiger partial charge >= 0.3 is 6.18 Å². The van der Waals surface area contributed by atoms with Crippen molar-refractivity contribution < 1.29 is 18.0 Å². The third-order valence-corrected chi connectivity index (χ3v) is 6.09. The van der Waals surface area contributed by atoms with Gasteiger partial charge in [-0.15, -0.1) is 10.2 Å². The number of alkyl halides is 3. The van der Waals surface area contributed by atoms with E-state index in [1.807, 2.05) is 30.3 Å². The van der Waals surface area contributed by atoms with Crippen LogP contribution in [0.25, 0.3) is 5.69 Å². The summed E-state index contributed by atoms with van der Waals surface area (Å²) in [6.07, 6.45) is -4.43. The number of aromatic nitrogens is 3. The molecule has 0 aliphatic heterocycles. The number of nitrogens with one attached hydrogen (secondary N) is 2. The fourth-order valence-electron chi connectivity index (χ4n) is 3.21. The Morgan fingerprint density at radius 1 is 0.971 bits per heavy atom. The molecule has 180 valence electrons. The van der Waals surface area contributed by atoms with Gasteiger partial charge in [0.05, 0.1) is 28.6 Å². The van der Waals surface area contributed by atoms with Crippen molar-refractivity contribution in [1.82, 2.24) is 14.8 Å². The van der Waals surface area contributed by atoms with E-state index in [0.717, 1.165) is 17.8 Å². The molecule has 0 bridgehead atoms. The molecule has 1 heterocycles. The van der Waals surface area contributed by atoms with E-state index in [9.17, 15) is 18.0 Å². The van der Waals surface area contributed by atoms with Crippen LogP contribution in [0.3, 0.4) is 0 Å². The lowest BCUT2D eigenvalue weighted by atomic mass is 10.2. The molecule has 0 aliphatic carbocycles. The normalized spacial score (nSPS) is 11.3. The Hall–Kier alpha value is -3.50. The molecular formula is C24H19ClF3N5OS. The second-order valence-electron chi connectivity index (χ2n) is 7.32. The Bertz CT molecular complexity index is 1310. The van der Waals surface area contributed by atoms with Gasteiger partial charge in [0.25, 0.3) is 0 Å². The van der Waals surface area contributed by atoms with Crippen LogP contribution in [0.1, 0.15) is 11.4 Å². The molecule has 0 radical (unpaired) electrons. The average molecular weight is 518 g/mol. The molecular weight excluding hydrogens is 499 g/mol. The number of hydrogen-bond donors (Lipinski definition) is 2. The van der Waals surface area contributed by atoms with Gasteiger partial charge in [0, 0.05) is 11.4 Å². The third kappa shape index (κ3) is 6.34. The van der Waals surface area contributed by atoms with Crippen LogP contribution in [-0.2, 0) is 17.5 Å². The first-order chi connectivity index (χ1) is 16.8. The van der Waals surface area contributed by atoms with Crippen molar-refractivity contribution in [3.05, 3.63) is 95.3 Å². The summed E-state index contributed by atoms with van der Waals surface area (Å²) in [7, 11) is 0. The van der Waals surface area contributed by atoms with E-state index in [1.54, 1.807) is 34.9 Å². The summed E-state index contributed by atoms with van der Waals surface area (Å²) < 4.78 is 40.9. The lowest BCUT2D eigenvalue weighted by Gasteiger charge is -2.13. The zero-order chi connectivity index (χ0) is 24.8. The number of halogens is 4. The first kappa shape index (κ1) is 24.6. The van der Waals surface area contributed by atoms with E-state index < -0.39 is 11.7 Å². The largest absolute Gasteiger partial charge is 0.416 e. The van der Waals surface area contributed by atoms with Gasteiger partial charge in [-0.3, -0.25) is 9.36 Å². The Kier molecular flexibility index (Phi) is 7.62. The molecule has 0 saturated carbocycles. The van der Waals surface area contributed by atoms with Gasteiger partial charge in [0.15, 0.2) is 11.0 Å². The lowest BCUT2D eigenvalue weighted by Crippen LogP contribution is -2.15. The molecule has 0 fully saturated rings. The van der Waals surface area contributed by atoms with Gasteiger partial charge in [-0.2, -0.15) is 13.2 Å². The van der Waals surface area contributed by atoms with Crippen molar-refractivity contribution in [2.75, 3.05) is 16.4 Å². The molecule has 1 amide bonds. The van der Waals surface area contributed by atoms with Crippen molar-refractivity contribution >= 4 is 40.6 Å². The predicted octanol–water partition coefficient (Wildman–Crippen LogP) is 6.28. The highest BCUT2D eigenvalue weighted by molar-refractivity contribution is 7.99. The van der Waals surface area contributed by atoms with E-state index in [-0.39, 0.29) is 18.2 Å². The van der Waals surface area contributed by atoms with Crippen molar-refractivity contribution in [2.45, 2.75) is 17.9 Å². The molecule has 35 heavy (non-hydrogen) atoms. The van der Waals surface area contributed by atoms with E-state index in [2.05, 4.69) is 20.8 Å². The van der Waals surface area contributed by atoms with E-state index >= 15 is 0 Å². The van der Waals surface area contributed by atoms with Crippen molar-refractivity contribution in [3.63, 3.8) is 0 Å². The standard InChI is InChI=1S/C24H19ClF3N5OS/c25-19-11-4-5-12-20(19)30-22(34)15-35-23-32-31-21(33(23)18-9-2-1-3-10-18)14-29-17-8-6-7-16(13-17)24(26,27)28/h1-13,29H,14-15H2,(H,30,34). The molecule has 0 spiro atoms. The van der Waals surface area contributed by atoms with Crippen molar-refractivity contribution in [2.24, 2.45) is 0 Å². The summed E-state index contributed by atoms with van der Waals surface area (Å²) in [5, 5.41) is 15.0. The Morgan fingerprint density at radius 3 is 2.46 bits per heavy atom. The van der Waals surface area contributed by atoms with Crippen LogP contribution in [0.5, 0.6) is 0 Å². The first-order valence-electron chi connectivity index (χ1n) is 10.4. The molecule has 1 aromatic heterocycles. The van der Waals surface area contributed by atoms with E-state index in [4.69, 9.17) is 11.6 Å². The molecule has 4 rings (SSSR count). The van der Waals surface area contributed by atoms with Crippen LogP contribution in [0.2, 0.25) is 5.02 Å². The number of anilines is 2. The molecule has 3 aromatic carbocycles. The summed E-state index contributed by atoms with van der Waals surface area (Å²) in [6.45, 7) is 0.121. The van der Waals surface area contributed by atoms with Gasteiger partial charge in [-0.1, -0.05) is 59.8 Å². The smallest absolute Gasteiger partial charge is 0.378 e. The minimum absolute atomic E-state index is 0.0528. The quantitative estimate of drug-likeness (QED) is 0.269. The van der Waals surface area contributed by atoms with Crippen LogP contribution in [0.4, 0.5) is 24.5 Å². The van der Waals surface area contributed by atoms with Gasteiger partial charge in [-0.05, 0) is 42.5 Å². The number of rotatable bonds is 8. The number of carbonyl (C=O) groups is 1. The highest BCUT2D eigenvalue weighted by Gasteiger charge is 2.30. The van der Waals surface area contributed by atoms with Crippen LogP contribution in [-0.4, -0.2) is 26.4 Å². The fourth-order valence-corrected chi connectivity index (χ4v) is 4.16. The highest BCUT2D eigenvalue weighted by atomic mass is 35.5. The minimum Gasteiger partial charge on any atom is -0.378 e. The second kappa shape index (κ2) is 10.8. The molecule has 11 heteroatoms. The van der Waals surface area contributed by atoms with Crippen LogP contribution in [0.15, 0.2) is 84.0 Å². The topological polar surface area (TPSA) is 71.8 Å². The van der Waals surface area contributed by atoms with E-state index in [1.165, 1.54) is 17.8 Å². The SMILES string of the molecule is O=C(CSc1nnc(CNc2cccc(C(F)(F)F)c2)n1-c1ccccc1)Nc1ccccc1Cl. The summed E-state index contributed by atoms with van der Waals surface area (Å²) in [6, 6.07) is 21.1. The average Bonchev–Trinajstić information content (AvgIpc) is 3.26. The zero-order valence-electron chi connectivity index (χ0n) is 18.1. The predicted molar refractivity (Wildman–Crippen MR) is 131 cm³/mol. The molecule has 0 atom stereocenters. The molecule has 0 unspecified atom stereocenters. The Balaban J connectivity index is 1.51. The molecule has 2 N–H and O–H groups in total. The molecule has 0 saturated heterocycles. The molecule has 6 nitrogen and oxygen atoms in total. The maximum atomic E-state index is 13.0. The van der Waals surface area contributed by atoms with Crippen LogP contribution in [0, 0.1) is 0 Å². The number of benzene rings is 3. The third-order valence-electron chi connectivity index (χ3n) is 4.84. The monoisotopic (exact) mass is 517 g/mol. The van der Waals surface area contributed by atoms with Crippen molar-refractivity contribution in [3.8, 4) is 5.69 Å². The van der Waals surface area contributed by atoms with Gasteiger partial charge in [0.2, 0.25) is 5.91 Å². The summed E-state index contributed by atoms with van der Waals surface area (Å²) in [4.78, 5) is 12.5. The maximum absolute atomic E-state index is 13.0. The second-order valence-corrected chi connectivity index (χ2v) is 8.67. The zero-order valence-corrected chi connectivity index (χ0v) is 19.7. The summed E-state index contributed by atoms with van der Waals surface area (Å²) in [5.41, 5.74) is 0.825. The molecule has 4 aromatic rings. The van der Waals surface area contributed by atoms with Gasteiger partial charge < -0.3 is 10.6 Å². The van der Waals surface area contributed by atoms with Crippen LogP contribution >= 0.6 is 23.4 Å². The first-order valence-corrected chi connectivity index (χ1v) is 11.8. The van der Waals surface area contributed by atoms with Gasteiger partial charge in [0.1, 0.15) is 0 Å². The Labute approximate surface area is 208 Å². The van der Waals surface area contributed by atoms with E-state index in [0.29, 0.717) is 27.4 Å². The lowest BCUT2D eigenvalue weighted by molar-refractivity contribution is -0.137. The number of carbonyl (C=O) groups excluding carboxylic acids is 1. The Morgan fingerprint density at radius 2 is 1.71 bits per heavy atom. The maximum Gasteiger partial charge on any atom is 0.416 e. The van der Waals surface area contributed by atoms with Crippen LogP contribution < -0.4 is 10.6 Å². The number of nitrogens with zero attached hydrogens (tertiary/aromatic N) is 3. The summed E-state index contributed by atoms with van der Waals surface area (Å²) >= 11 is 7.28. The highest BCUT2D eigenvalue weighted by Crippen LogP contribution is 2.31. The number of para-hydroxylation sites is 2. The van der Waals surface area contributed by atoms with Gasteiger partial charge in [-0.25, -0.2) is 0 Å². The number of thioether (sulfide) groups is 1. The van der Waals surface area contributed by atoms with Crippen molar-refractivity contribution in [1.29, 1.82) is 0 Å². The summed E-state index contributed by atoms with van der Waals surface area (Å²) in [5.74, 6) is 0.258. The minimum atomic E-state index is -4.43. The number of amides is 1. The molecule has 0 aliphatic rings.